The predicted molar refractivity (Wildman–Crippen MR) is 175 cm³/mol. The molecule has 0 atom stereocenters. The molecule has 1 aliphatic rings. The summed E-state index contributed by atoms with van der Waals surface area (Å²) >= 11 is 0. The highest BCUT2D eigenvalue weighted by Crippen LogP contribution is 2.24. The molecule has 1 fully saturated rings. The molecule has 43 heavy (non-hydrogen) atoms. The zero-order valence-corrected chi connectivity index (χ0v) is 26.9. The zero-order chi connectivity index (χ0) is 30.8. The van der Waals surface area contributed by atoms with Crippen LogP contribution in [0.1, 0.15) is 92.5 Å². The number of aryl methyl sites for hydroxylation is 1. The third-order valence-corrected chi connectivity index (χ3v) is 8.37. The molecule has 0 radical (unpaired) electrons. The number of ether oxygens (including phenoxy) is 1. The lowest BCUT2D eigenvalue weighted by Crippen LogP contribution is -2.34. The fourth-order valence-corrected chi connectivity index (χ4v) is 5.64. The third kappa shape index (κ3) is 9.30. The Labute approximate surface area is 257 Å². The molecule has 0 aliphatic carbocycles. The number of piperidine rings is 1. The summed E-state index contributed by atoms with van der Waals surface area (Å²) in [6.45, 7) is 15.2. The largest absolute Gasteiger partial charge is 0.465 e. The molecule has 8 heteroatoms. The number of likely N-dealkylation sites (tertiary alicyclic amines) is 1. The summed E-state index contributed by atoms with van der Waals surface area (Å²) in [5.41, 5.74) is 4.17. The van der Waals surface area contributed by atoms with Crippen LogP contribution in [0.3, 0.4) is 0 Å². The van der Waals surface area contributed by atoms with Crippen LogP contribution in [0, 0.1) is 11.8 Å². The van der Waals surface area contributed by atoms with Gasteiger partial charge >= 0.3 is 5.97 Å². The number of rotatable bonds is 15. The van der Waals surface area contributed by atoms with E-state index in [1.165, 1.54) is 39.5 Å². The van der Waals surface area contributed by atoms with Crippen molar-refractivity contribution in [2.24, 2.45) is 11.8 Å². The summed E-state index contributed by atoms with van der Waals surface area (Å²) < 4.78 is 7.07. The number of carbonyl (C=O) groups is 2. The van der Waals surface area contributed by atoms with Gasteiger partial charge in [0.2, 0.25) is 5.95 Å². The first-order chi connectivity index (χ1) is 20.7. The Kier molecular flexibility index (Phi) is 12.0. The molecule has 1 aliphatic heterocycles. The van der Waals surface area contributed by atoms with Crippen LogP contribution in [0.15, 0.2) is 42.5 Å². The van der Waals surface area contributed by atoms with Gasteiger partial charge in [-0.15, -0.1) is 0 Å². The van der Waals surface area contributed by atoms with Gasteiger partial charge in [0, 0.05) is 31.7 Å². The maximum atomic E-state index is 13.8. The number of hydrogen-bond acceptors (Lipinski definition) is 6. The number of nitrogens with zero attached hydrogens (tertiary/aromatic N) is 4. The Hall–Kier alpha value is -3.39. The first kappa shape index (κ1) is 32.5. The summed E-state index contributed by atoms with van der Waals surface area (Å²) in [6.07, 6.45) is 6.90. The molecule has 4 rings (SSSR count). The van der Waals surface area contributed by atoms with Crippen LogP contribution >= 0.6 is 0 Å². The standard InChI is InChI=1S/C35H51N5O3/c1-26(2)16-22-39(23-17-27(3)4)33(41)30-14-15-31-32(24-30)40(21-9-20-38-18-7-6-8-19-38)35(37-31)36-25-28-10-12-29(13-11-28)34(42)43-5/h10-15,24,26-27H,6-9,16-23,25H2,1-5H3,(H,36,37). The molecule has 0 spiro atoms. The van der Waals surface area contributed by atoms with Gasteiger partial charge in [-0.2, -0.15) is 0 Å². The third-order valence-electron chi connectivity index (χ3n) is 8.37. The van der Waals surface area contributed by atoms with Crippen molar-refractivity contribution in [3.63, 3.8) is 0 Å². The molecule has 8 nitrogen and oxygen atoms in total. The van der Waals surface area contributed by atoms with Crippen LogP contribution in [0.25, 0.3) is 11.0 Å². The van der Waals surface area contributed by atoms with Gasteiger partial charge in [0.05, 0.1) is 23.7 Å². The molecule has 3 aromatic rings. The Morgan fingerprint density at radius 2 is 1.56 bits per heavy atom. The van der Waals surface area contributed by atoms with Crippen LogP contribution in [-0.4, -0.2) is 71.1 Å². The molecule has 1 amide bonds. The molecule has 1 aromatic heterocycles. The highest BCUT2D eigenvalue weighted by molar-refractivity contribution is 5.97. The predicted octanol–water partition coefficient (Wildman–Crippen LogP) is 6.85. The Balaban J connectivity index is 1.57. The highest BCUT2D eigenvalue weighted by Gasteiger charge is 2.20. The second-order valence-corrected chi connectivity index (χ2v) is 12.7. The van der Waals surface area contributed by atoms with Crippen molar-refractivity contribution in [3.05, 3.63) is 59.2 Å². The van der Waals surface area contributed by atoms with E-state index in [4.69, 9.17) is 9.72 Å². The molecule has 0 bridgehead atoms. The number of carbonyl (C=O) groups excluding carboxylic acids is 2. The minimum atomic E-state index is -0.340. The molecule has 0 saturated carbocycles. The Morgan fingerprint density at radius 3 is 2.19 bits per heavy atom. The minimum Gasteiger partial charge on any atom is -0.465 e. The smallest absolute Gasteiger partial charge is 0.337 e. The number of hydrogen-bond donors (Lipinski definition) is 1. The van der Waals surface area contributed by atoms with Crippen LogP contribution in [0.5, 0.6) is 0 Å². The van der Waals surface area contributed by atoms with Gasteiger partial charge in [-0.25, -0.2) is 9.78 Å². The highest BCUT2D eigenvalue weighted by atomic mass is 16.5. The number of esters is 1. The molecule has 1 saturated heterocycles. The number of anilines is 1. The quantitative estimate of drug-likeness (QED) is 0.196. The minimum absolute atomic E-state index is 0.101. The summed E-state index contributed by atoms with van der Waals surface area (Å²) in [5, 5.41) is 3.53. The van der Waals surface area contributed by atoms with E-state index in [1.807, 2.05) is 35.2 Å². The first-order valence-electron chi connectivity index (χ1n) is 16.2. The maximum Gasteiger partial charge on any atom is 0.337 e. The summed E-state index contributed by atoms with van der Waals surface area (Å²) in [4.78, 5) is 35.2. The Morgan fingerprint density at radius 1 is 0.907 bits per heavy atom. The van der Waals surface area contributed by atoms with Gasteiger partial charge in [0.15, 0.2) is 0 Å². The van der Waals surface area contributed by atoms with E-state index >= 15 is 0 Å². The summed E-state index contributed by atoms with van der Waals surface area (Å²) in [5.74, 6) is 1.65. The van der Waals surface area contributed by atoms with Crippen molar-refractivity contribution in [3.8, 4) is 0 Å². The molecule has 0 unspecified atom stereocenters. The average Bonchev–Trinajstić information content (AvgIpc) is 3.36. The van der Waals surface area contributed by atoms with Crippen molar-refractivity contribution < 1.29 is 14.3 Å². The number of fused-ring (bicyclic) bond motifs is 1. The molecular formula is C35H51N5O3. The monoisotopic (exact) mass is 589 g/mol. The van der Waals surface area contributed by atoms with Gasteiger partial charge < -0.3 is 24.4 Å². The van der Waals surface area contributed by atoms with Crippen molar-refractivity contribution in [1.82, 2.24) is 19.4 Å². The van der Waals surface area contributed by atoms with Crippen LogP contribution in [0.4, 0.5) is 5.95 Å². The SMILES string of the molecule is COC(=O)c1ccc(CNc2nc3ccc(C(=O)N(CCC(C)C)CCC(C)C)cc3n2CCCN2CCCCC2)cc1. The number of methoxy groups -OCH3 is 1. The lowest BCUT2D eigenvalue weighted by atomic mass is 10.1. The lowest BCUT2D eigenvalue weighted by molar-refractivity contribution is 0.0600. The number of nitrogens with one attached hydrogen (secondary N) is 1. The zero-order valence-electron chi connectivity index (χ0n) is 26.9. The van der Waals surface area contributed by atoms with Crippen LogP contribution < -0.4 is 5.32 Å². The van der Waals surface area contributed by atoms with Crippen molar-refractivity contribution in [1.29, 1.82) is 0 Å². The summed E-state index contributed by atoms with van der Waals surface area (Å²) in [7, 11) is 1.39. The number of imidazole rings is 1. The van der Waals surface area contributed by atoms with Gasteiger partial charge in [0.1, 0.15) is 0 Å². The number of aromatic nitrogens is 2. The molecule has 234 valence electrons. The number of amides is 1. The number of benzene rings is 2. The molecule has 2 heterocycles. The fourth-order valence-electron chi connectivity index (χ4n) is 5.64. The Bertz CT molecular complexity index is 1310. The van der Waals surface area contributed by atoms with Crippen molar-refractivity contribution in [2.75, 3.05) is 45.2 Å². The van der Waals surface area contributed by atoms with E-state index in [-0.39, 0.29) is 11.9 Å². The normalized spacial score (nSPS) is 14.0. The van der Waals surface area contributed by atoms with E-state index in [2.05, 4.69) is 42.5 Å². The molecule has 2 aromatic carbocycles. The van der Waals surface area contributed by atoms with E-state index < -0.39 is 0 Å². The van der Waals surface area contributed by atoms with E-state index in [0.717, 1.165) is 73.6 Å². The lowest BCUT2D eigenvalue weighted by Gasteiger charge is -2.26. The van der Waals surface area contributed by atoms with E-state index in [9.17, 15) is 9.59 Å². The van der Waals surface area contributed by atoms with Crippen molar-refractivity contribution >= 4 is 28.9 Å². The maximum absolute atomic E-state index is 13.8. The fraction of sp³-hybridized carbons (Fsp3) is 0.571. The second kappa shape index (κ2) is 15.9. The van der Waals surface area contributed by atoms with Gasteiger partial charge in [-0.05, 0) is 99.5 Å². The average molecular weight is 590 g/mol. The summed E-state index contributed by atoms with van der Waals surface area (Å²) in [6, 6.07) is 13.4. The molecular weight excluding hydrogens is 538 g/mol. The van der Waals surface area contributed by atoms with Gasteiger partial charge in [-0.3, -0.25) is 4.79 Å². The van der Waals surface area contributed by atoms with E-state index in [1.54, 1.807) is 12.1 Å². The topological polar surface area (TPSA) is 79.7 Å². The van der Waals surface area contributed by atoms with Gasteiger partial charge in [0.25, 0.3) is 5.91 Å². The first-order valence-corrected chi connectivity index (χ1v) is 16.2. The van der Waals surface area contributed by atoms with Gasteiger partial charge in [-0.1, -0.05) is 46.2 Å². The van der Waals surface area contributed by atoms with E-state index in [0.29, 0.717) is 23.9 Å². The second-order valence-electron chi connectivity index (χ2n) is 12.7. The van der Waals surface area contributed by atoms with Crippen LogP contribution in [-0.2, 0) is 17.8 Å². The van der Waals surface area contributed by atoms with Crippen LogP contribution in [0.2, 0.25) is 0 Å². The van der Waals surface area contributed by atoms with Crippen molar-refractivity contribution in [2.45, 2.75) is 79.3 Å². The molecule has 1 N–H and O–H groups in total.